The van der Waals surface area contributed by atoms with Gasteiger partial charge in [-0.3, -0.25) is 14.2 Å². The Labute approximate surface area is 192 Å². The topological polar surface area (TPSA) is 101 Å². The highest BCUT2D eigenvalue weighted by atomic mass is 32.1. The van der Waals surface area contributed by atoms with E-state index in [0.717, 1.165) is 4.57 Å². The van der Waals surface area contributed by atoms with Gasteiger partial charge in [-0.25, -0.2) is 9.36 Å². The van der Waals surface area contributed by atoms with Crippen LogP contribution in [0.2, 0.25) is 0 Å². The first kappa shape index (κ1) is 22.2. The van der Waals surface area contributed by atoms with Crippen LogP contribution in [0.5, 0.6) is 17.2 Å². The summed E-state index contributed by atoms with van der Waals surface area (Å²) in [6, 6.07) is 13.3. The van der Waals surface area contributed by atoms with Crippen molar-refractivity contribution < 1.29 is 19.0 Å². The van der Waals surface area contributed by atoms with E-state index in [1.807, 2.05) is 0 Å². The summed E-state index contributed by atoms with van der Waals surface area (Å²) in [5.74, 6) is 1.01. The van der Waals surface area contributed by atoms with E-state index in [-0.39, 0.29) is 12.2 Å². The van der Waals surface area contributed by atoms with Gasteiger partial charge in [0, 0.05) is 30.0 Å². The van der Waals surface area contributed by atoms with E-state index in [4.69, 9.17) is 14.2 Å². The molecule has 1 amide bonds. The summed E-state index contributed by atoms with van der Waals surface area (Å²) in [5, 5.41) is 4.46. The minimum atomic E-state index is -0.651. The largest absolute Gasteiger partial charge is 0.497 e. The summed E-state index contributed by atoms with van der Waals surface area (Å²) in [4.78, 5) is 39.4. The van der Waals surface area contributed by atoms with Crippen LogP contribution >= 0.6 is 11.3 Å². The van der Waals surface area contributed by atoms with Gasteiger partial charge < -0.3 is 19.5 Å². The number of rotatable bonds is 7. The van der Waals surface area contributed by atoms with Crippen LogP contribution in [0.3, 0.4) is 0 Å². The zero-order chi connectivity index (χ0) is 23.5. The van der Waals surface area contributed by atoms with Crippen LogP contribution in [-0.2, 0) is 11.3 Å². The molecule has 0 fully saturated rings. The Morgan fingerprint density at radius 2 is 1.64 bits per heavy atom. The molecule has 0 spiro atoms. The van der Waals surface area contributed by atoms with Gasteiger partial charge in [-0.15, -0.1) is 11.3 Å². The Balaban J connectivity index is 1.80. The third-order valence-electron chi connectivity index (χ3n) is 5.00. The number of hydrogen-bond donors (Lipinski definition) is 1. The number of carbonyl (C=O) groups excluding carboxylic acids is 1. The number of aromatic nitrogens is 2. The second-order valence-electron chi connectivity index (χ2n) is 7.00. The van der Waals surface area contributed by atoms with Crippen molar-refractivity contribution in [2.75, 3.05) is 26.6 Å². The smallest absolute Gasteiger partial charge is 0.336 e. The minimum absolute atomic E-state index is 0.276. The number of ether oxygens (including phenoxy) is 3. The monoisotopic (exact) mass is 467 g/mol. The van der Waals surface area contributed by atoms with Crippen LogP contribution in [0, 0.1) is 0 Å². The number of anilines is 1. The quantitative estimate of drug-likeness (QED) is 0.449. The molecule has 0 radical (unpaired) electrons. The molecule has 0 bridgehead atoms. The van der Waals surface area contributed by atoms with Crippen molar-refractivity contribution in [2.24, 2.45) is 0 Å². The second kappa shape index (κ2) is 9.21. The van der Waals surface area contributed by atoms with Gasteiger partial charge >= 0.3 is 5.69 Å². The molecule has 0 atom stereocenters. The van der Waals surface area contributed by atoms with Crippen LogP contribution in [0.25, 0.3) is 15.9 Å². The lowest BCUT2D eigenvalue weighted by atomic mass is 10.2. The van der Waals surface area contributed by atoms with Crippen LogP contribution in [0.1, 0.15) is 0 Å². The van der Waals surface area contributed by atoms with Crippen LogP contribution < -0.4 is 30.8 Å². The molecule has 4 aromatic rings. The third-order valence-corrected chi connectivity index (χ3v) is 5.90. The normalized spacial score (nSPS) is 10.8. The van der Waals surface area contributed by atoms with Crippen molar-refractivity contribution >= 4 is 33.1 Å². The first-order valence-electron chi connectivity index (χ1n) is 9.85. The van der Waals surface area contributed by atoms with E-state index in [1.54, 1.807) is 53.9 Å². The molecule has 0 saturated heterocycles. The van der Waals surface area contributed by atoms with Crippen molar-refractivity contribution in [2.45, 2.75) is 6.54 Å². The number of hydrogen-bond acceptors (Lipinski definition) is 7. The Morgan fingerprint density at radius 1 is 0.939 bits per heavy atom. The van der Waals surface area contributed by atoms with E-state index in [9.17, 15) is 14.4 Å². The van der Waals surface area contributed by atoms with Crippen LogP contribution in [0.15, 0.2) is 63.5 Å². The number of nitrogens with zero attached hydrogens (tertiary/aromatic N) is 2. The van der Waals surface area contributed by atoms with Gasteiger partial charge in [0.25, 0.3) is 5.56 Å². The Morgan fingerprint density at radius 3 is 2.30 bits per heavy atom. The van der Waals surface area contributed by atoms with Crippen LogP contribution in [0.4, 0.5) is 5.69 Å². The highest BCUT2D eigenvalue weighted by Crippen LogP contribution is 2.25. The Bertz CT molecular complexity index is 1430. The molecule has 2 heterocycles. The molecule has 0 aliphatic carbocycles. The van der Waals surface area contributed by atoms with E-state index in [0.29, 0.717) is 33.2 Å². The zero-order valence-corrected chi connectivity index (χ0v) is 19.0. The second-order valence-corrected chi connectivity index (χ2v) is 7.91. The van der Waals surface area contributed by atoms with Crippen molar-refractivity contribution in [1.29, 1.82) is 0 Å². The van der Waals surface area contributed by atoms with E-state index in [2.05, 4.69) is 5.32 Å². The number of amides is 1. The number of nitrogens with one attached hydrogen (secondary N) is 1. The molecule has 2 aromatic heterocycles. The minimum Gasteiger partial charge on any atom is -0.497 e. The average Bonchev–Trinajstić information content (AvgIpc) is 3.32. The number of carbonyl (C=O) groups is 1. The maximum Gasteiger partial charge on any atom is 0.336 e. The van der Waals surface area contributed by atoms with Gasteiger partial charge in [0.1, 0.15) is 28.5 Å². The number of thiophene rings is 1. The first-order chi connectivity index (χ1) is 15.9. The Kier molecular flexibility index (Phi) is 6.18. The summed E-state index contributed by atoms with van der Waals surface area (Å²) in [6.07, 6.45) is 0. The standard InChI is InChI=1S/C23H21N3O6S/c1-30-16-6-4-5-14(9-16)24-20(27)13-25-19-7-8-33-21(19)22(28)26(23(25)29)15-10-17(31-2)12-18(11-15)32-3/h4-12H,13H2,1-3H3,(H,24,27). The number of benzene rings is 2. The van der Waals surface area contributed by atoms with Gasteiger partial charge in [-0.05, 0) is 23.6 Å². The van der Waals surface area contributed by atoms with Gasteiger partial charge in [-0.2, -0.15) is 0 Å². The first-order valence-corrected chi connectivity index (χ1v) is 10.7. The molecular formula is C23H21N3O6S. The van der Waals surface area contributed by atoms with Crippen molar-refractivity contribution in [3.63, 3.8) is 0 Å². The molecule has 2 aromatic carbocycles. The predicted molar refractivity (Wildman–Crippen MR) is 126 cm³/mol. The van der Waals surface area contributed by atoms with E-state index >= 15 is 0 Å². The molecule has 10 heteroatoms. The molecule has 170 valence electrons. The summed E-state index contributed by atoms with van der Waals surface area (Å²) < 4.78 is 18.4. The SMILES string of the molecule is COc1cccc(NC(=O)Cn2c(=O)n(-c3cc(OC)cc(OC)c3)c(=O)c3sccc32)c1. The zero-order valence-electron chi connectivity index (χ0n) is 18.2. The molecule has 1 N–H and O–H groups in total. The molecule has 0 aliphatic heterocycles. The number of fused-ring (bicyclic) bond motifs is 1. The molecule has 4 rings (SSSR count). The van der Waals surface area contributed by atoms with E-state index < -0.39 is 17.2 Å². The third kappa shape index (κ3) is 4.33. The lowest BCUT2D eigenvalue weighted by Crippen LogP contribution is -2.40. The van der Waals surface area contributed by atoms with Crippen LogP contribution in [-0.4, -0.2) is 36.4 Å². The molecule has 0 saturated carbocycles. The summed E-state index contributed by atoms with van der Waals surface area (Å²) in [6.45, 7) is -0.287. The highest BCUT2D eigenvalue weighted by molar-refractivity contribution is 7.17. The van der Waals surface area contributed by atoms with Crippen molar-refractivity contribution in [3.05, 3.63) is 74.7 Å². The summed E-state index contributed by atoms with van der Waals surface area (Å²) in [5.41, 5.74) is 0.0620. The fourth-order valence-electron chi connectivity index (χ4n) is 3.43. The molecule has 33 heavy (non-hydrogen) atoms. The average molecular weight is 468 g/mol. The maximum absolute atomic E-state index is 13.4. The molecule has 0 unspecified atom stereocenters. The summed E-state index contributed by atoms with van der Waals surface area (Å²) in [7, 11) is 4.49. The number of methoxy groups -OCH3 is 3. The molecular weight excluding hydrogens is 446 g/mol. The lowest BCUT2D eigenvalue weighted by Gasteiger charge is -2.14. The summed E-state index contributed by atoms with van der Waals surface area (Å²) >= 11 is 1.20. The molecule has 9 nitrogen and oxygen atoms in total. The lowest BCUT2D eigenvalue weighted by molar-refractivity contribution is -0.116. The maximum atomic E-state index is 13.4. The van der Waals surface area contributed by atoms with Crippen molar-refractivity contribution in [1.82, 2.24) is 9.13 Å². The van der Waals surface area contributed by atoms with Gasteiger partial charge in [0.2, 0.25) is 5.91 Å². The predicted octanol–water partition coefficient (Wildman–Crippen LogP) is 2.88. The van der Waals surface area contributed by atoms with Gasteiger partial charge in [0.15, 0.2) is 0 Å². The highest BCUT2D eigenvalue weighted by Gasteiger charge is 2.19. The fourth-order valence-corrected chi connectivity index (χ4v) is 4.26. The van der Waals surface area contributed by atoms with E-state index in [1.165, 1.54) is 37.2 Å². The van der Waals surface area contributed by atoms with Gasteiger partial charge in [0.05, 0.1) is 32.5 Å². The molecule has 0 aliphatic rings. The van der Waals surface area contributed by atoms with Gasteiger partial charge in [-0.1, -0.05) is 6.07 Å². The Hall–Kier alpha value is -4.05. The fraction of sp³-hybridized carbons (Fsp3) is 0.174. The van der Waals surface area contributed by atoms with Crippen molar-refractivity contribution in [3.8, 4) is 22.9 Å².